The number of hydrogen-bond acceptors (Lipinski definition) is 1. The average molecular weight is 149 g/mol. The van der Waals surface area contributed by atoms with Gasteiger partial charge in [0.15, 0.2) is 0 Å². The third kappa shape index (κ3) is 2.17. The number of rotatable bonds is 2. The Hall–Kier alpha value is -0.865. The molecule has 0 fully saturated rings. The van der Waals surface area contributed by atoms with Crippen molar-refractivity contribution in [2.45, 2.75) is 6.32 Å². The smallest absolute Gasteiger partial charge is 0.472 e. The van der Waals surface area contributed by atoms with E-state index in [-0.39, 0.29) is 5.76 Å². The molecule has 0 N–H and O–H groups in total. The van der Waals surface area contributed by atoms with Crippen LogP contribution < -0.4 is 0 Å². The maximum Gasteiger partial charge on any atom is 0.485 e. The van der Waals surface area contributed by atoms with Crippen molar-refractivity contribution < 1.29 is 17.4 Å². The van der Waals surface area contributed by atoms with Crippen LogP contribution >= 0.6 is 0 Å². The molecular weight excluding hydrogens is 144 g/mol. The van der Waals surface area contributed by atoms with Crippen LogP contribution in [0.5, 0.6) is 0 Å². The van der Waals surface area contributed by atoms with Crippen molar-refractivity contribution in [2.75, 3.05) is 0 Å². The molecule has 0 unspecified atom stereocenters. The molecule has 0 spiro atoms. The highest BCUT2D eigenvalue weighted by Gasteiger charge is 2.24. The Balaban J connectivity index is 2.57. The second kappa shape index (κ2) is 2.40. The van der Waals surface area contributed by atoms with Gasteiger partial charge in [0.05, 0.1) is 12.0 Å². The van der Waals surface area contributed by atoms with Crippen molar-refractivity contribution in [3.63, 3.8) is 0 Å². The largest absolute Gasteiger partial charge is 0.485 e. The Kier molecular flexibility index (Phi) is 1.74. The molecule has 0 amide bonds. The summed E-state index contributed by atoms with van der Waals surface area (Å²) in [6, 6.07) is 2.76. The fourth-order valence-corrected chi connectivity index (χ4v) is 0.657. The van der Waals surface area contributed by atoms with E-state index in [2.05, 4.69) is 4.42 Å². The summed E-state index contributed by atoms with van der Waals surface area (Å²) >= 11 is 0. The van der Waals surface area contributed by atoms with Crippen LogP contribution in [0.25, 0.3) is 0 Å². The first-order valence-corrected chi connectivity index (χ1v) is 2.81. The lowest BCUT2D eigenvalue weighted by atomic mass is 9.85. The number of halogens is 3. The van der Waals surface area contributed by atoms with Crippen molar-refractivity contribution in [1.82, 2.24) is 0 Å². The fourth-order valence-electron chi connectivity index (χ4n) is 0.657. The molecule has 1 aromatic heterocycles. The van der Waals surface area contributed by atoms with Crippen LogP contribution in [0.2, 0.25) is 0 Å². The summed E-state index contributed by atoms with van der Waals surface area (Å²) in [5, 5.41) is 0. The van der Waals surface area contributed by atoms with Gasteiger partial charge >= 0.3 is 6.98 Å². The van der Waals surface area contributed by atoms with Crippen LogP contribution in [0.15, 0.2) is 22.8 Å². The van der Waals surface area contributed by atoms with Crippen molar-refractivity contribution in [3.05, 3.63) is 24.2 Å². The van der Waals surface area contributed by atoms with Gasteiger partial charge in [-0.25, -0.2) is 0 Å². The van der Waals surface area contributed by atoms with Gasteiger partial charge in [-0.3, -0.25) is 0 Å². The first kappa shape index (κ1) is 7.24. The molecule has 0 aliphatic rings. The summed E-state index contributed by atoms with van der Waals surface area (Å²) < 4.78 is 39.4. The SMILES string of the molecule is F[B-](F)(F)Cc1ccco1. The normalized spacial score (nSPS) is 11.9. The first-order chi connectivity index (χ1) is 4.58. The highest BCUT2D eigenvalue weighted by Crippen LogP contribution is 2.15. The Bertz CT molecular complexity index is 191. The molecule has 0 aliphatic carbocycles. The molecule has 1 aromatic rings. The lowest BCUT2D eigenvalue weighted by molar-refractivity contribution is 0.442. The standard InChI is InChI=1S/C5H5BF3O/c7-6(8,9)4-5-2-1-3-10-5/h1-3H,4H2/q-1. The second-order valence-electron chi connectivity index (χ2n) is 1.99. The Labute approximate surface area is 55.9 Å². The van der Waals surface area contributed by atoms with E-state index in [0.29, 0.717) is 0 Å². The molecule has 0 saturated heterocycles. The van der Waals surface area contributed by atoms with E-state index in [4.69, 9.17) is 0 Å². The van der Waals surface area contributed by atoms with Gasteiger partial charge in [0, 0.05) is 0 Å². The maximum absolute atomic E-state index is 11.6. The summed E-state index contributed by atoms with van der Waals surface area (Å²) in [6.07, 6.45) is 0.310. The molecule has 56 valence electrons. The molecule has 10 heavy (non-hydrogen) atoms. The van der Waals surface area contributed by atoms with Gasteiger partial charge in [-0.2, -0.15) is 0 Å². The summed E-state index contributed by atoms with van der Waals surface area (Å²) in [6.45, 7) is -4.75. The zero-order chi connectivity index (χ0) is 7.61. The monoisotopic (exact) mass is 149 g/mol. The van der Waals surface area contributed by atoms with Crippen LogP contribution in [0, 0.1) is 0 Å². The van der Waals surface area contributed by atoms with E-state index in [1.807, 2.05) is 0 Å². The lowest BCUT2D eigenvalue weighted by Gasteiger charge is -2.09. The quantitative estimate of drug-likeness (QED) is 0.587. The van der Waals surface area contributed by atoms with Crippen LogP contribution in [0.4, 0.5) is 12.9 Å². The zero-order valence-electron chi connectivity index (χ0n) is 5.06. The fraction of sp³-hybridized carbons (Fsp3) is 0.200. The lowest BCUT2D eigenvalue weighted by Crippen LogP contribution is -2.18. The van der Waals surface area contributed by atoms with Crippen LogP contribution in [0.3, 0.4) is 0 Å². The van der Waals surface area contributed by atoms with E-state index in [0.717, 1.165) is 0 Å². The Morgan fingerprint density at radius 2 is 2.10 bits per heavy atom. The highest BCUT2D eigenvalue weighted by atomic mass is 19.4. The summed E-state index contributed by atoms with van der Waals surface area (Å²) in [5.74, 6) is -0.0208. The van der Waals surface area contributed by atoms with Gasteiger partial charge in [0.2, 0.25) is 0 Å². The van der Waals surface area contributed by atoms with Crippen molar-refractivity contribution in [2.24, 2.45) is 0 Å². The van der Waals surface area contributed by atoms with Crippen molar-refractivity contribution >= 4 is 6.98 Å². The Morgan fingerprint density at radius 3 is 2.50 bits per heavy atom. The number of furan rings is 1. The predicted molar refractivity (Wildman–Crippen MR) is 31.5 cm³/mol. The predicted octanol–water partition coefficient (Wildman–Crippen LogP) is 2.21. The third-order valence-corrected chi connectivity index (χ3v) is 1.01. The summed E-state index contributed by atoms with van der Waals surface area (Å²) in [7, 11) is 0. The van der Waals surface area contributed by atoms with E-state index in [1.54, 1.807) is 0 Å². The molecule has 5 heteroatoms. The molecule has 1 nitrogen and oxygen atoms in total. The van der Waals surface area contributed by atoms with E-state index in [1.165, 1.54) is 18.4 Å². The topological polar surface area (TPSA) is 13.1 Å². The molecular formula is C5H5BF3O-. The molecule has 0 aromatic carbocycles. The minimum atomic E-state index is -4.75. The van der Waals surface area contributed by atoms with Gasteiger partial charge in [-0.1, -0.05) is 0 Å². The van der Waals surface area contributed by atoms with Gasteiger partial charge < -0.3 is 17.4 Å². The van der Waals surface area contributed by atoms with Crippen molar-refractivity contribution in [3.8, 4) is 0 Å². The van der Waals surface area contributed by atoms with Crippen molar-refractivity contribution in [1.29, 1.82) is 0 Å². The molecule has 1 heterocycles. The first-order valence-electron chi connectivity index (χ1n) is 2.81. The van der Waals surface area contributed by atoms with Crippen LogP contribution in [0.1, 0.15) is 5.76 Å². The van der Waals surface area contributed by atoms with E-state index < -0.39 is 13.3 Å². The van der Waals surface area contributed by atoms with Crippen LogP contribution in [-0.2, 0) is 6.32 Å². The molecule has 0 bridgehead atoms. The zero-order valence-corrected chi connectivity index (χ0v) is 5.06. The molecule has 1 rings (SSSR count). The van der Waals surface area contributed by atoms with Gasteiger partial charge in [0.25, 0.3) is 0 Å². The summed E-state index contributed by atoms with van der Waals surface area (Å²) in [4.78, 5) is 0. The van der Waals surface area contributed by atoms with E-state index >= 15 is 0 Å². The average Bonchev–Trinajstić information content (AvgIpc) is 2.12. The second-order valence-corrected chi connectivity index (χ2v) is 1.99. The van der Waals surface area contributed by atoms with Crippen LogP contribution in [-0.4, -0.2) is 6.98 Å². The maximum atomic E-state index is 11.6. The molecule has 0 atom stereocenters. The van der Waals surface area contributed by atoms with Gasteiger partial charge in [-0.05, 0) is 18.5 Å². The summed E-state index contributed by atoms with van der Waals surface area (Å²) in [5.41, 5.74) is 0. The minimum absolute atomic E-state index is 0.0208. The molecule has 0 radical (unpaired) electrons. The molecule has 0 saturated carbocycles. The minimum Gasteiger partial charge on any atom is -0.472 e. The Morgan fingerprint density at radius 1 is 1.40 bits per heavy atom. The highest BCUT2D eigenvalue weighted by molar-refractivity contribution is 6.57. The van der Waals surface area contributed by atoms with E-state index in [9.17, 15) is 12.9 Å². The number of hydrogen-bond donors (Lipinski definition) is 0. The molecule has 0 aliphatic heterocycles. The third-order valence-electron chi connectivity index (χ3n) is 1.01. The van der Waals surface area contributed by atoms with Gasteiger partial charge in [-0.15, -0.1) is 0 Å². The van der Waals surface area contributed by atoms with Gasteiger partial charge in [0.1, 0.15) is 0 Å².